The van der Waals surface area contributed by atoms with E-state index in [1.54, 1.807) is 5.38 Å². The average Bonchev–Trinajstić information content (AvgIpc) is 2.78. The lowest BCUT2D eigenvalue weighted by atomic mass is 10.2. The summed E-state index contributed by atoms with van der Waals surface area (Å²) in [7, 11) is 1.43. The van der Waals surface area contributed by atoms with Crippen LogP contribution in [0.3, 0.4) is 0 Å². The number of hydrogen-bond donors (Lipinski definition) is 2. The Morgan fingerprint density at radius 2 is 2.00 bits per heavy atom. The summed E-state index contributed by atoms with van der Waals surface area (Å²) in [5, 5.41) is 2.01. The highest BCUT2D eigenvalue weighted by atomic mass is 32.1. The first-order valence-corrected chi connectivity index (χ1v) is 7.01. The smallest absolute Gasteiger partial charge is 0.332 e. The maximum atomic E-state index is 12.3. The summed E-state index contributed by atoms with van der Waals surface area (Å²) in [4.78, 5) is 28.5. The second-order valence-corrected chi connectivity index (χ2v) is 5.87. The minimum atomic E-state index is -0.460. The predicted molar refractivity (Wildman–Crippen MR) is 80.7 cm³/mol. The number of anilines is 2. The molecule has 0 atom stereocenters. The zero-order valence-electron chi connectivity index (χ0n) is 11.6. The lowest BCUT2D eigenvalue weighted by Crippen LogP contribution is -2.41. The minimum absolute atomic E-state index is 0.136. The van der Waals surface area contributed by atoms with Gasteiger partial charge in [-0.3, -0.25) is 13.9 Å². The van der Waals surface area contributed by atoms with Crippen LogP contribution in [0.1, 0.15) is 13.8 Å². The zero-order valence-corrected chi connectivity index (χ0v) is 12.4. The number of hydrogen-bond acceptors (Lipinski definition) is 6. The van der Waals surface area contributed by atoms with E-state index in [-0.39, 0.29) is 17.3 Å². The number of aromatic nitrogens is 3. The first-order chi connectivity index (χ1) is 9.32. The molecule has 0 unspecified atom stereocenters. The summed E-state index contributed by atoms with van der Waals surface area (Å²) < 4.78 is 2.44. The van der Waals surface area contributed by atoms with E-state index < -0.39 is 11.2 Å². The predicted octanol–water partition coefficient (Wildman–Crippen LogP) is 0.491. The molecule has 108 valence electrons. The molecule has 0 aliphatic heterocycles. The molecule has 7 nitrogen and oxygen atoms in total. The number of nitrogen functional groups attached to an aromatic ring is 2. The molecule has 2 aromatic heterocycles. The van der Waals surface area contributed by atoms with Gasteiger partial charge in [0.25, 0.3) is 5.56 Å². The van der Waals surface area contributed by atoms with Crippen LogP contribution in [-0.4, -0.2) is 14.1 Å². The Morgan fingerprint density at radius 1 is 1.35 bits per heavy atom. The molecule has 0 spiro atoms. The third-order valence-electron chi connectivity index (χ3n) is 2.91. The Hall–Kier alpha value is -2.09. The number of nitrogens with zero attached hydrogens (tertiary/aromatic N) is 3. The molecule has 20 heavy (non-hydrogen) atoms. The molecule has 4 N–H and O–H groups in total. The maximum absolute atomic E-state index is 12.3. The summed E-state index contributed by atoms with van der Waals surface area (Å²) in [6.45, 7) is 4.38. The van der Waals surface area contributed by atoms with Crippen LogP contribution in [-0.2, 0) is 13.6 Å². The fraction of sp³-hybridized carbons (Fsp3) is 0.417. The topological polar surface area (TPSA) is 109 Å². The molecule has 0 bridgehead atoms. The molecule has 0 fully saturated rings. The molecule has 0 amide bonds. The van der Waals surface area contributed by atoms with Crippen LogP contribution < -0.4 is 22.7 Å². The van der Waals surface area contributed by atoms with E-state index in [2.05, 4.69) is 4.98 Å². The summed E-state index contributed by atoms with van der Waals surface area (Å²) in [5.74, 6) is 0.359. The van der Waals surface area contributed by atoms with Crippen molar-refractivity contribution in [2.75, 3.05) is 11.5 Å². The van der Waals surface area contributed by atoms with E-state index in [9.17, 15) is 9.59 Å². The van der Waals surface area contributed by atoms with Gasteiger partial charge in [-0.05, 0) is 5.92 Å². The third-order valence-corrected chi connectivity index (χ3v) is 3.58. The van der Waals surface area contributed by atoms with Crippen LogP contribution in [0.5, 0.6) is 0 Å². The lowest BCUT2D eigenvalue weighted by molar-refractivity contribution is 0.494. The van der Waals surface area contributed by atoms with Crippen LogP contribution in [0.2, 0.25) is 0 Å². The van der Waals surface area contributed by atoms with Gasteiger partial charge >= 0.3 is 5.69 Å². The van der Waals surface area contributed by atoms with Crippen molar-refractivity contribution in [2.45, 2.75) is 20.4 Å². The van der Waals surface area contributed by atoms with Crippen molar-refractivity contribution in [1.29, 1.82) is 0 Å². The van der Waals surface area contributed by atoms with Crippen molar-refractivity contribution in [2.24, 2.45) is 13.0 Å². The fourth-order valence-electron chi connectivity index (χ4n) is 1.97. The van der Waals surface area contributed by atoms with E-state index in [0.717, 1.165) is 4.57 Å². The third kappa shape index (κ3) is 2.34. The van der Waals surface area contributed by atoms with Gasteiger partial charge < -0.3 is 11.5 Å². The summed E-state index contributed by atoms with van der Waals surface area (Å²) in [6.07, 6.45) is 0. The van der Waals surface area contributed by atoms with Crippen molar-refractivity contribution in [3.63, 3.8) is 0 Å². The van der Waals surface area contributed by atoms with Gasteiger partial charge in [0.15, 0.2) is 5.13 Å². The largest absolute Gasteiger partial charge is 0.384 e. The monoisotopic (exact) mass is 295 g/mol. The van der Waals surface area contributed by atoms with E-state index in [4.69, 9.17) is 11.5 Å². The molecule has 2 rings (SSSR count). The van der Waals surface area contributed by atoms with E-state index in [1.807, 2.05) is 13.8 Å². The average molecular weight is 295 g/mol. The molecule has 0 saturated heterocycles. The highest BCUT2D eigenvalue weighted by Crippen LogP contribution is 2.24. The van der Waals surface area contributed by atoms with E-state index >= 15 is 0 Å². The molecule has 8 heteroatoms. The Morgan fingerprint density at radius 3 is 2.50 bits per heavy atom. The van der Waals surface area contributed by atoms with Crippen molar-refractivity contribution < 1.29 is 0 Å². The van der Waals surface area contributed by atoms with Gasteiger partial charge in [-0.15, -0.1) is 11.3 Å². The molecule has 0 saturated carbocycles. The van der Waals surface area contributed by atoms with Crippen LogP contribution in [0.4, 0.5) is 10.9 Å². The lowest BCUT2D eigenvalue weighted by Gasteiger charge is -2.15. The standard InChI is InChI=1S/C12H17N5O2S/c1-6(2)4-17-9(13)8(7-5-20-11(14)15-7)10(18)16(3)12(17)19/h5-6H,4,13H2,1-3H3,(H2,14,15). The summed E-state index contributed by atoms with van der Waals surface area (Å²) >= 11 is 1.22. The van der Waals surface area contributed by atoms with Crippen LogP contribution in [0.15, 0.2) is 15.0 Å². The number of nitrogens with two attached hydrogens (primary N) is 2. The normalized spacial score (nSPS) is 11.2. The molecule has 0 aromatic carbocycles. The number of rotatable bonds is 3. The van der Waals surface area contributed by atoms with Gasteiger partial charge in [0.05, 0.1) is 5.69 Å². The quantitative estimate of drug-likeness (QED) is 0.856. The van der Waals surface area contributed by atoms with Gasteiger partial charge in [0.2, 0.25) is 0 Å². The highest BCUT2D eigenvalue weighted by molar-refractivity contribution is 7.13. The molecule has 0 radical (unpaired) electrons. The molecule has 0 aliphatic carbocycles. The Kier molecular flexibility index (Phi) is 3.67. The van der Waals surface area contributed by atoms with Gasteiger partial charge in [-0.25, -0.2) is 9.78 Å². The fourth-order valence-corrected chi connectivity index (χ4v) is 2.52. The zero-order chi connectivity index (χ0) is 15.0. The van der Waals surface area contributed by atoms with Crippen molar-refractivity contribution >= 4 is 22.3 Å². The highest BCUT2D eigenvalue weighted by Gasteiger charge is 2.19. The Balaban J connectivity index is 2.78. The molecular weight excluding hydrogens is 278 g/mol. The van der Waals surface area contributed by atoms with Gasteiger partial charge in [0, 0.05) is 19.0 Å². The molecular formula is C12H17N5O2S. The minimum Gasteiger partial charge on any atom is -0.384 e. The van der Waals surface area contributed by atoms with Crippen molar-refractivity contribution in [1.82, 2.24) is 14.1 Å². The van der Waals surface area contributed by atoms with Crippen LogP contribution in [0.25, 0.3) is 11.3 Å². The summed E-state index contributed by atoms with van der Waals surface area (Å²) in [5.41, 5.74) is 11.4. The van der Waals surface area contributed by atoms with Gasteiger partial charge in [-0.2, -0.15) is 0 Å². The molecule has 2 heterocycles. The first-order valence-electron chi connectivity index (χ1n) is 6.13. The van der Waals surface area contributed by atoms with Crippen molar-refractivity contribution in [3.8, 4) is 11.3 Å². The van der Waals surface area contributed by atoms with Gasteiger partial charge in [0.1, 0.15) is 11.4 Å². The molecule has 0 aliphatic rings. The Labute approximate surface area is 119 Å². The van der Waals surface area contributed by atoms with Crippen molar-refractivity contribution in [3.05, 3.63) is 26.2 Å². The van der Waals surface area contributed by atoms with Gasteiger partial charge in [-0.1, -0.05) is 13.8 Å². The Bertz CT molecular complexity index is 756. The first kappa shape index (κ1) is 14.3. The van der Waals surface area contributed by atoms with E-state index in [1.165, 1.54) is 23.0 Å². The second-order valence-electron chi connectivity index (χ2n) is 4.98. The maximum Gasteiger partial charge on any atom is 0.332 e. The van der Waals surface area contributed by atoms with E-state index in [0.29, 0.717) is 17.4 Å². The van der Waals surface area contributed by atoms with Crippen LogP contribution >= 0.6 is 11.3 Å². The molecule has 2 aromatic rings. The SMILES string of the molecule is CC(C)Cn1c(N)c(-c2csc(N)n2)c(=O)n(C)c1=O. The number of thiazole rings is 1. The summed E-state index contributed by atoms with van der Waals surface area (Å²) in [6, 6.07) is 0. The van der Waals surface area contributed by atoms with Crippen LogP contribution in [0, 0.1) is 5.92 Å². The second kappa shape index (κ2) is 5.12.